The predicted molar refractivity (Wildman–Crippen MR) is 68.2 cm³/mol. The average Bonchev–Trinajstić information content (AvgIpc) is 2.83. The van der Waals surface area contributed by atoms with Gasteiger partial charge in [0.25, 0.3) is 0 Å². The van der Waals surface area contributed by atoms with Gasteiger partial charge in [0.2, 0.25) is 11.8 Å². The smallest absolute Gasteiger partial charge is 0.326 e. The Bertz CT molecular complexity index is 370. The van der Waals surface area contributed by atoms with Crippen LogP contribution in [0.1, 0.15) is 26.7 Å². The van der Waals surface area contributed by atoms with Crippen LogP contribution in [0.4, 0.5) is 0 Å². The van der Waals surface area contributed by atoms with E-state index < -0.39 is 24.0 Å². The summed E-state index contributed by atoms with van der Waals surface area (Å²) in [5.41, 5.74) is 5.22. The number of amides is 2. The van der Waals surface area contributed by atoms with Crippen molar-refractivity contribution < 1.29 is 19.5 Å². The maximum absolute atomic E-state index is 12.4. The summed E-state index contributed by atoms with van der Waals surface area (Å²) >= 11 is 0. The summed E-state index contributed by atoms with van der Waals surface area (Å²) in [7, 11) is 0. The molecule has 1 rings (SSSR count). The molecule has 1 aliphatic rings. The van der Waals surface area contributed by atoms with Gasteiger partial charge >= 0.3 is 5.97 Å². The number of carboxylic acids is 1. The van der Waals surface area contributed by atoms with Gasteiger partial charge in [0.05, 0.1) is 6.54 Å². The Hall–Kier alpha value is -1.63. The molecule has 1 heterocycles. The lowest BCUT2D eigenvalue weighted by molar-refractivity contribution is -0.149. The van der Waals surface area contributed by atoms with Gasteiger partial charge in [-0.25, -0.2) is 4.79 Å². The van der Waals surface area contributed by atoms with Crippen molar-refractivity contribution in [2.75, 3.05) is 13.1 Å². The van der Waals surface area contributed by atoms with Gasteiger partial charge < -0.3 is 21.1 Å². The summed E-state index contributed by atoms with van der Waals surface area (Å²) in [5.74, 6) is -1.89. The zero-order valence-corrected chi connectivity index (χ0v) is 11.3. The molecule has 0 aromatic heterocycles. The van der Waals surface area contributed by atoms with Crippen LogP contribution < -0.4 is 11.1 Å². The van der Waals surface area contributed by atoms with Crippen LogP contribution in [-0.2, 0) is 14.4 Å². The molecule has 7 nitrogen and oxygen atoms in total. The van der Waals surface area contributed by atoms with E-state index in [0.717, 1.165) is 0 Å². The Morgan fingerprint density at radius 2 is 2.05 bits per heavy atom. The van der Waals surface area contributed by atoms with Gasteiger partial charge in [-0.3, -0.25) is 9.59 Å². The highest BCUT2D eigenvalue weighted by Gasteiger charge is 2.38. The molecule has 19 heavy (non-hydrogen) atoms. The molecule has 0 spiro atoms. The highest BCUT2D eigenvalue weighted by Crippen LogP contribution is 2.20. The van der Waals surface area contributed by atoms with Gasteiger partial charge in [-0.05, 0) is 18.8 Å². The van der Waals surface area contributed by atoms with E-state index in [1.165, 1.54) is 4.90 Å². The third kappa shape index (κ3) is 3.66. The van der Waals surface area contributed by atoms with Crippen molar-refractivity contribution in [1.29, 1.82) is 0 Å². The highest BCUT2D eigenvalue weighted by atomic mass is 16.4. The standard InChI is InChI=1S/C12H21N3O4/c1-7(2)10(14-9(16)6-13)11(17)15-5-3-4-8(15)12(18)19/h7-8,10H,3-6,13H2,1-2H3,(H,14,16)(H,18,19)/t8-,10-/m0/s1. The number of carbonyl (C=O) groups excluding carboxylic acids is 2. The Kier molecular flexibility index (Phi) is 5.29. The van der Waals surface area contributed by atoms with E-state index in [1.54, 1.807) is 13.8 Å². The molecule has 0 radical (unpaired) electrons. The van der Waals surface area contributed by atoms with Crippen molar-refractivity contribution in [3.8, 4) is 0 Å². The van der Waals surface area contributed by atoms with Crippen molar-refractivity contribution >= 4 is 17.8 Å². The normalized spacial score (nSPS) is 20.4. The molecular formula is C12H21N3O4. The van der Waals surface area contributed by atoms with Crippen LogP contribution in [-0.4, -0.2) is 53.0 Å². The Morgan fingerprint density at radius 3 is 2.53 bits per heavy atom. The number of rotatable bonds is 5. The second-order valence-corrected chi connectivity index (χ2v) is 5.02. The summed E-state index contributed by atoms with van der Waals surface area (Å²) in [5, 5.41) is 11.6. The zero-order valence-electron chi connectivity index (χ0n) is 11.3. The van der Waals surface area contributed by atoms with Crippen LogP contribution in [0.3, 0.4) is 0 Å². The van der Waals surface area contributed by atoms with Crippen LogP contribution >= 0.6 is 0 Å². The quantitative estimate of drug-likeness (QED) is 0.603. The lowest BCUT2D eigenvalue weighted by Crippen LogP contribution is -2.54. The summed E-state index contributed by atoms with van der Waals surface area (Å²) in [6.07, 6.45) is 1.12. The Labute approximate surface area is 112 Å². The second kappa shape index (κ2) is 6.51. The molecule has 0 aliphatic carbocycles. The first kappa shape index (κ1) is 15.4. The zero-order chi connectivity index (χ0) is 14.6. The molecule has 1 fully saturated rings. The summed E-state index contributed by atoms with van der Waals surface area (Å²) < 4.78 is 0. The molecule has 2 amide bonds. The molecule has 7 heteroatoms. The molecule has 0 bridgehead atoms. The minimum absolute atomic E-state index is 0.127. The first-order chi connectivity index (χ1) is 8.88. The van der Waals surface area contributed by atoms with Gasteiger partial charge in [-0.15, -0.1) is 0 Å². The molecular weight excluding hydrogens is 250 g/mol. The van der Waals surface area contributed by atoms with Crippen LogP contribution in [0.2, 0.25) is 0 Å². The maximum atomic E-state index is 12.4. The van der Waals surface area contributed by atoms with E-state index >= 15 is 0 Å². The number of hydrogen-bond donors (Lipinski definition) is 3. The van der Waals surface area contributed by atoms with Crippen LogP contribution in [0.5, 0.6) is 0 Å². The van der Waals surface area contributed by atoms with E-state index in [4.69, 9.17) is 10.8 Å². The molecule has 4 N–H and O–H groups in total. The van der Waals surface area contributed by atoms with Gasteiger partial charge in [0.15, 0.2) is 0 Å². The monoisotopic (exact) mass is 271 g/mol. The highest BCUT2D eigenvalue weighted by molar-refractivity contribution is 5.91. The molecule has 0 aromatic rings. The number of nitrogens with two attached hydrogens (primary N) is 1. The Morgan fingerprint density at radius 1 is 1.42 bits per heavy atom. The lowest BCUT2D eigenvalue weighted by atomic mass is 10.0. The topological polar surface area (TPSA) is 113 Å². The Balaban J connectivity index is 2.81. The predicted octanol–water partition coefficient (Wildman–Crippen LogP) is -0.838. The number of hydrogen-bond acceptors (Lipinski definition) is 4. The SMILES string of the molecule is CC(C)[C@H](NC(=O)CN)C(=O)N1CCC[C@H]1C(=O)O. The minimum Gasteiger partial charge on any atom is -0.480 e. The van der Waals surface area contributed by atoms with Crippen molar-refractivity contribution in [2.45, 2.75) is 38.8 Å². The lowest BCUT2D eigenvalue weighted by Gasteiger charge is -2.29. The van der Waals surface area contributed by atoms with E-state index in [0.29, 0.717) is 19.4 Å². The van der Waals surface area contributed by atoms with Crippen LogP contribution in [0.15, 0.2) is 0 Å². The van der Waals surface area contributed by atoms with Gasteiger partial charge in [0.1, 0.15) is 12.1 Å². The number of nitrogens with zero attached hydrogens (tertiary/aromatic N) is 1. The number of carbonyl (C=O) groups is 3. The fraction of sp³-hybridized carbons (Fsp3) is 0.750. The fourth-order valence-corrected chi connectivity index (χ4v) is 2.21. The second-order valence-electron chi connectivity index (χ2n) is 5.02. The third-order valence-corrected chi connectivity index (χ3v) is 3.26. The third-order valence-electron chi connectivity index (χ3n) is 3.26. The van der Waals surface area contributed by atoms with Crippen LogP contribution in [0.25, 0.3) is 0 Å². The van der Waals surface area contributed by atoms with Gasteiger partial charge in [0, 0.05) is 6.54 Å². The van der Waals surface area contributed by atoms with Gasteiger partial charge in [-0.2, -0.15) is 0 Å². The number of aliphatic carboxylic acids is 1. The number of nitrogens with one attached hydrogen (secondary N) is 1. The largest absolute Gasteiger partial charge is 0.480 e. The molecule has 2 atom stereocenters. The van der Waals surface area contributed by atoms with Gasteiger partial charge in [-0.1, -0.05) is 13.8 Å². The minimum atomic E-state index is -1.00. The van der Waals surface area contributed by atoms with E-state index in [9.17, 15) is 14.4 Å². The maximum Gasteiger partial charge on any atom is 0.326 e. The first-order valence-electron chi connectivity index (χ1n) is 6.41. The molecule has 108 valence electrons. The average molecular weight is 271 g/mol. The van der Waals surface area contributed by atoms with E-state index in [-0.39, 0.29) is 18.4 Å². The van der Waals surface area contributed by atoms with E-state index in [2.05, 4.69) is 5.32 Å². The van der Waals surface area contributed by atoms with Crippen LogP contribution in [0, 0.1) is 5.92 Å². The molecule has 0 saturated carbocycles. The van der Waals surface area contributed by atoms with Crippen molar-refractivity contribution in [1.82, 2.24) is 10.2 Å². The van der Waals surface area contributed by atoms with E-state index in [1.807, 2.05) is 0 Å². The summed E-state index contributed by atoms with van der Waals surface area (Å²) in [6, 6.07) is -1.51. The van der Waals surface area contributed by atoms with Crippen molar-refractivity contribution in [2.24, 2.45) is 11.7 Å². The number of carboxylic acid groups (broad SMARTS) is 1. The molecule has 0 aromatic carbocycles. The van der Waals surface area contributed by atoms with Crippen molar-refractivity contribution in [3.05, 3.63) is 0 Å². The summed E-state index contributed by atoms with van der Waals surface area (Å²) in [6.45, 7) is 3.81. The van der Waals surface area contributed by atoms with Crippen molar-refractivity contribution in [3.63, 3.8) is 0 Å². The molecule has 0 unspecified atom stereocenters. The summed E-state index contributed by atoms with van der Waals surface area (Å²) in [4.78, 5) is 36.1. The molecule has 1 saturated heterocycles. The number of likely N-dealkylation sites (tertiary alicyclic amines) is 1. The fourth-order valence-electron chi connectivity index (χ4n) is 2.21. The molecule has 1 aliphatic heterocycles. The first-order valence-corrected chi connectivity index (χ1v) is 6.41.